The molecule has 0 fully saturated rings. The summed E-state index contributed by atoms with van der Waals surface area (Å²) in [5.74, 6) is 0.109. The lowest BCUT2D eigenvalue weighted by Gasteiger charge is -2.35. The number of amides is 1. The molecule has 2 aliphatic rings. The molecule has 2 atom stereocenters. The van der Waals surface area contributed by atoms with Gasteiger partial charge in [-0.05, 0) is 54.7 Å². The number of benzene rings is 3. The molecule has 1 aliphatic carbocycles. The van der Waals surface area contributed by atoms with E-state index in [1.807, 2.05) is 91.5 Å². The maximum atomic E-state index is 13.8. The van der Waals surface area contributed by atoms with E-state index in [0.29, 0.717) is 29.9 Å². The molecule has 3 aromatic carbocycles. The van der Waals surface area contributed by atoms with Gasteiger partial charge in [-0.2, -0.15) is 0 Å². The molecule has 3 aromatic rings. The van der Waals surface area contributed by atoms with Crippen LogP contribution >= 0.6 is 11.6 Å². The van der Waals surface area contributed by atoms with E-state index >= 15 is 0 Å². The molecule has 0 spiro atoms. The monoisotopic (exact) mass is 470 g/mol. The van der Waals surface area contributed by atoms with E-state index in [-0.39, 0.29) is 17.6 Å². The van der Waals surface area contributed by atoms with Crippen molar-refractivity contribution in [1.82, 2.24) is 0 Å². The van der Waals surface area contributed by atoms with Crippen LogP contribution in [0, 0.1) is 6.92 Å². The Labute approximate surface area is 205 Å². The quantitative estimate of drug-likeness (QED) is 0.450. The van der Waals surface area contributed by atoms with E-state index in [1.54, 1.807) is 0 Å². The maximum absolute atomic E-state index is 13.8. The molecule has 34 heavy (non-hydrogen) atoms. The summed E-state index contributed by atoms with van der Waals surface area (Å²) in [4.78, 5) is 29.0. The Bertz CT molecular complexity index is 1280. The molecule has 1 heterocycles. The van der Waals surface area contributed by atoms with Crippen molar-refractivity contribution in [1.29, 1.82) is 0 Å². The Hall–Kier alpha value is -3.37. The van der Waals surface area contributed by atoms with Crippen LogP contribution in [0.2, 0.25) is 5.02 Å². The number of hydrogen-bond donors (Lipinski definition) is 1. The molecule has 4 nitrogen and oxygen atoms in total. The number of aryl methyl sites for hydroxylation is 1. The summed E-state index contributed by atoms with van der Waals surface area (Å²) < 4.78 is 0. The summed E-state index contributed by atoms with van der Waals surface area (Å²) in [6.07, 6.45) is 1.43. The Balaban J connectivity index is 1.69. The van der Waals surface area contributed by atoms with Gasteiger partial charge >= 0.3 is 0 Å². The minimum Gasteiger partial charge on any atom is -0.357 e. The highest BCUT2D eigenvalue weighted by Crippen LogP contribution is 2.47. The van der Waals surface area contributed by atoms with E-state index in [2.05, 4.69) is 5.32 Å². The van der Waals surface area contributed by atoms with Crippen molar-refractivity contribution in [3.63, 3.8) is 0 Å². The number of ketones is 1. The van der Waals surface area contributed by atoms with Gasteiger partial charge in [0.15, 0.2) is 5.78 Å². The number of fused-ring (bicyclic) bond motifs is 1. The summed E-state index contributed by atoms with van der Waals surface area (Å²) in [5, 5.41) is 4.24. The first-order chi connectivity index (χ1) is 16.5. The number of hydrogen-bond acceptors (Lipinski definition) is 3. The second kappa shape index (κ2) is 9.11. The van der Waals surface area contributed by atoms with Crippen molar-refractivity contribution in [3.05, 3.63) is 106 Å². The van der Waals surface area contributed by atoms with Crippen LogP contribution in [0.4, 0.5) is 11.4 Å². The fourth-order valence-corrected chi connectivity index (χ4v) is 5.20. The third-order valence-corrected chi connectivity index (χ3v) is 7.05. The molecule has 5 heteroatoms. The molecule has 1 amide bonds. The van der Waals surface area contributed by atoms with Gasteiger partial charge in [-0.25, -0.2) is 0 Å². The molecule has 0 unspecified atom stereocenters. The lowest BCUT2D eigenvalue weighted by molar-refractivity contribution is -0.119. The summed E-state index contributed by atoms with van der Waals surface area (Å²) in [7, 11) is 0. The van der Waals surface area contributed by atoms with Crippen LogP contribution in [0.3, 0.4) is 0 Å². The zero-order valence-corrected chi connectivity index (χ0v) is 20.1. The predicted octanol–water partition coefficient (Wildman–Crippen LogP) is 6.96. The van der Waals surface area contributed by atoms with Crippen LogP contribution in [-0.4, -0.2) is 11.7 Å². The van der Waals surface area contributed by atoms with Crippen molar-refractivity contribution in [2.75, 3.05) is 10.2 Å². The van der Waals surface area contributed by atoms with Gasteiger partial charge < -0.3 is 5.32 Å². The molecule has 1 aliphatic heterocycles. The van der Waals surface area contributed by atoms with E-state index < -0.39 is 6.04 Å². The number of rotatable bonds is 3. The average Bonchev–Trinajstić information content (AvgIpc) is 2.99. The number of carbonyl (C=O) groups is 2. The average molecular weight is 471 g/mol. The van der Waals surface area contributed by atoms with Crippen LogP contribution in [-0.2, 0) is 9.59 Å². The zero-order chi connectivity index (χ0) is 23.8. The fourth-order valence-electron chi connectivity index (χ4n) is 5.07. The first kappa shape index (κ1) is 22.4. The molecule has 172 valence electrons. The fraction of sp³-hybridized carbons (Fsp3) is 0.241. The lowest BCUT2D eigenvalue weighted by atomic mass is 9.78. The largest absolute Gasteiger partial charge is 0.357 e. The Morgan fingerprint density at radius 2 is 1.65 bits per heavy atom. The molecule has 0 aromatic heterocycles. The summed E-state index contributed by atoms with van der Waals surface area (Å²) in [6.45, 7) is 3.90. The summed E-state index contributed by atoms with van der Waals surface area (Å²) in [5.41, 5.74) is 6.39. The lowest BCUT2D eigenvalue weighted by Crippen LogP contribution is -2.38. The van der Waals surface area contributed by atoms with Crippen LogP contribution in [0.25, 0.3) is 0 Å². The predicted molar refractivity (Wildman–Crippen MR) is 137 cm³/mol. The van der Waals surface area contributed by atoms with Gasteiger partial charge in [-0.3, -0.25) is 14.5 Å². The molecule has 5 rings (SSSR count). The van der Waals surface area contributed by atoms with Gasteiger partial charge in [0.05, 0.1) is 17.4 Å². The molecule has 0 bridgehead atoms. The number of Topliss-reactive ketones (excluding diaryl/α,β-unsaturated/α-hetero) is 1. The van der Waals surface area contributed by atoms with Crippen molar-refractivity contribution in [3.8, 4) is 0 Å². The van der Waals surface area contributed by atoms with E-state index in [9.17, 15) is 9.59 Å². The molecule has 0 radical (unpaired) electrons. The normalized spacial score (nSPS) is 19.7. The molecular formula is C29H27ClN2O2. The summed E-state index contributed by atoms with van der Waals surface area (Å²) >= 11 is 6.10. The Kier molecular flexibility index (Phi) is 6.01. The van der Waals surface area contributed by atoms with Gasteiger partial charge in [0, 0.05) is 29.1 Å². The third-order valence-electron chi connectivity index (χ3n) is 6.79. The number of allylic oxidation sites excluding steroid dienone is 1. The van der Waals surface area contributed by atoms with Crippen molar-refractivity contribution in [2.45, 2.75) is 45.1 Å². The molecular weight excluding hydrogens is 444 g/mol. The van der Waals surface area contributed by atoms with Gasteiger partial charge in [0.25, 0.3) is 0 Å². The highest BCUT2D eigenvalue weighted by molar-refractivity contribution is 6.30. The van der Waals surface area contributed by atoms with Crippen LogP contribution in [0.1, 0.15) is 54.8 Å². The number of anilines is 2. The van der Waals surface area contributed by atoms with Crippen molar-refractivity contribution < 1.29 is 9.59 Å². The van der Waals surface area contributed by atoms with E-state index in [0.717, 1.165) is 33.8 Å². The van der Waals surface area contributed by atoms with Gasteiger partial charge in [0.2, 0.25) is 5.91 Å². The zero-order valence-electron chi connectivity index (χ0n) is 19.3. The number of nitrogens with one attached hydrogen (secondary N) is 1. The smallest absolute Gasteiger partial charge is 0.227 e. The number of halogens is 1. The highest BCUT2D eigenvalue weighted by Gasteiger charge is 2.41. The molecule has 0 saturated carbocycles. The molecule has 0 saturated heterocycles. The number of carbonyl (C=O) groups excluding carboxylic acids is 2. The first-order valence-electron chi connectivity index (χ1n) is 11.7. The topological polar surface area (TPSA) is 49.4 Å². The van der Waals surface area contributed by atoms with Crippen LogP contribution in [0.15, 0.2) is 84.1 Å². The second-order valence-corrected chi connectivity index (χ2v) is 9.48. The van der Waals surface area contributed by atoms with Crippen LogP contribution in [0.5, 0.6) is 0 Å². The number of nitrogens with zero attached hydrogens (tertiary/aromatic N) is 1. The second-order valence-electron chi connectivity index (χ2n) is 9.04. The first-order valence-corrected chi connectivity index (χ1v) is 12.1. The van der Waals surface area contributed by atoms with Crippen molar-refractivity contribution in [2.24, 2.45) is 0 Å². The van der Waals surface area contributed by atoms with E-state index in [4.69, 9.17) is 11.6 Å². The van der Waals surface area contributed by atoms with Crippen molar-refractivity contribution >= 4 is 34.7 Å². The van der Waals surface area contributed by atoms with Gasteiger partial charge in [-0.15, -0.1) is 0 Å². The molecule has 1 N–H and O–H groups in total. The maximum Gasteiger partial charge on any atom is 0.227 e. The van der Waals surface area contributed by atoms with Gasteiger partial charge in [-0.1, -0.05) is 72.6 Å². The standard InChI is InChI=1S/C29H27ClN2O2/c1-3-27(34)32-25-7-5-4-6-23(25)31-24-16-21(19-12-14-22(30)15-13-19)17-26(33)28(24)29(32)20-10-8-18(2)9-11-20/h4-15,21,29,31H,3,16-17H2,1-2H3/t21-,29-/m0/s1. The summed E-state index contributed by atoms with van der Waals surface area (Å²) in [6, 6.07) is 23.2. The minimum atomic E-state index is -0.474. The third kappa shape index (κ3) is 4.03. The minimum absolute atomic E-state index is 0.0128. The number of para-hydroxylation sites is 2. The highest BCUT2D eigenvalue weighted by atomic mass is 35.5. The van der Waals surface area contributed by atoms with Gasteiger partial charge in [0.1, 0.15) is 0 Å². The van der Waals surface area contributed by atoms with E-state index in [1.165, 1.54) is 0 Å². The van der Waals surface area contributed by atoms with Crippen LogP contribution < -0.4 is 10.2 Å². The Morgan fingerprint density at radius 1 is 0.971 bits per heavy atom. The Morgan fingerprint density at radius 3 is 2.35 bits per heavy atom. The SMILES string of the molecule is CCC(=O)N1c2ccccc2NC2=C(C(=O)C[C@@H](c3ccc(Cl)cc3)C2)[C@@H]1c1ccc(C)cc1.